The fraction of sp³-hybridized carbons (Fsp3) is 1.00. The first-order chi connectivity index (χ1) is 11.7. The lowest BCUT2D eigenvalue weighted by atomic mass is 10.1. The maximum Gasteiger partial charge on any atom is 0.190 e. The van der Waals surface area contributed by atoms with Crippen LogP contribution in [0, 0.1) is 0 Å². The molecule has 0 bridgehead atoms. The van der Waals surface area contributed by atoms with E-state index in [1.807, 2.05) is 34.6 Å². The van der Waals surface area contributed by atoms with Crippen molar-refractivity contribution in [3.63, 3.8) is 0 Å². The Bertz CT molecular complexity index is 454. The zero-order valence-electron chi connectivity index (χ0n) is 15.9. The Morgan fingerprint density at radius 2 is 1.76 bits per heavy atom. The summed E-state index contributed by atoms with van der Waals surface area (Å²) in [6.07, 6.45) is -2.28. The fourth-order valence-electron chi connectivity index (χ4n) is 3.39. The van der Waals surface area contributed by atoms with Crippen LogP contribution in [-0.4, -0.2) is 75.5 Å². The van der Waals surface area contributed by atoms with Crippen LogP contribution in [0.25, 0.3) is 0 Å². The lowest BCUT2D eigenvalue weighted by molar-refractivity contribution is -0.253. The number of fused-ring (bicyclic) bond motifs is 1. The zero-order valence-corrected chi connectivity index (χ0v) is 15.9. The highest BCUT2D eigenvalue weighted by molar-refractivity contribution is 4.98. The van der Waals surface area contributed by atoms with E-state index >= 15 is 0 Å². The van der Waals surface area contributed by atoms with E-state index in [1.165, 1.54) is 0 Å². The van der Waals surface area contributed by atoms with Gasteiger partial charge in [0, 0.05) is 7.11 Å². The molecular weight excluding hydrogens is 332 g/mol. The molecule has 3 aliphatic rings. The van der Waals surface area contributed by atoms with Crippen molar-refractivity contribution in [2.75, 3.05) is 26.9 Å². The Morgan fingerprint density at radius 1 is 1.00 bits per heavy atom. The normalized spacial score (nSPS) is 40.3. The topological polar surface area (TPSA) is 73.8 Å². The number of hydrogen-bond donors (Lipinski definition) is 0. The summed E-state index contributed by atoms with van der Waals surface area (Å²) in [7, 11) is 1.63. The summed E-state index contributed by atoms with van der Waals surface area (Å²) >= 11 is 0. The van der Waals surface area contributed by atoms with Gasteiger partial charge in [-0.2, -0.15) is 0 Å². The van der Waals surface area contributed by atoms with Gasteiger partial charge in [-0.25, -0.2) is 0 Å². The van der Waals surface area contributed by atoms with Gasteiger partial charge in [0.15, 0.2) is 24.2 Å². The van der Waals surface area contributed by atoms with Gasteiger partial charge < -0.3 is 37.9 Å². The molecular formula is C17H30O8. The molecule has 6 atom stereocenters. The van der Waals surface area contributed by atoms with E-state index in [1.54, 1.807) is 7.11 Å². The van der Waals surface area contributed by atoms with Gasteiger partial charge in [0.05, 0.1) is 19.8 Å². The lowest BCUT2D eigenvalue weighted by Gasteiger charge is -2.30. The van der Waals surface area contributed by atoms with Gasteiger partial charge in [-0.05, 0) is 34.6 Å². The first-order valence-corrected chi connectivity index (χ1v) is 8.80. The third-order valence-electron chi connectivity index (χ3n) is 4.41. The van der Waals surface area contributed by atoms with Crippen molar-refractivity contribution in [3.05, 3.63) is 0 Å². The molecule has 0 aromatic carbocycles. The molecule has 0 amide bonds. The third kappa shape index (κ3) is 4.51. The van der Waals surface area contributed by atoms with Gasteiger partial charge >= 0.3 is 0 Å². The fourth-order valence-corrected chi connectivity index (χ4v) is 3.39. The van der Waals surface area contributed by atoms with Crippen molar-refractivity contribution in [2.24, 2.45) is 0 Å². The maximum absolute atomic E-state index is 6.11. The molecule has 0 aliphatic carbocycles. The number of ether oxygens (including phenoxy) is 8. The van der Waals surface area contributed by atoms with E-state index in [-0.39, 0.29) is 24.4 Å². The SMILES string of the molecule is COCCOC(C)O[C@@H]1[C@H]2OC(C)(C)O[C@H]2O[C@@H]1[C@@H]1COC(C)(C)O1. The second kappa shape index (κ2) is 7.36. The largest absolute Gasteiger partial charge is 0.382 e. The first kappa shape index (κ1) is 19.4. The van der Waals surface area contributed by atoms with Crippen LogP contribution in [0.2, 0.25) is 0 Å². The van der Waals surface area contributed by atoms with Crippen LogP contribution in [0.1, 0.15) is 34.6 Å². The first-order valence-electron chi connectivity index (χ1n) is 8.80. The van der Waals surface area contributed by atoms with Crippen LogP contribution in [0.5, 0.6) is 0 Å². The van der Waals surface area contributed by atoms with Crippen LogP contribution >= 0.6 is 0 Å². The molecule has 3 heterocycles. The predicted molar refractivity (Wildman–Crippen MR) is 85.8 cm³/mol. The molecule has 146 valence electrons. The Kier molecular flexibility index (Phi) is 5.72. The lowest BCUT2D eigenvalue weighted by Crippen LogP contribution is -2.45. The monoisotopic (exact) mass is 362 g/mol. The van der Waals surface area contributed by atoms with E-state index in [0.29, 0.717) is 19.8 Å². The molecule has 0 radical (unpaired) electrons. The summed E-state index contributed by atoms with van der Waals surface area (Å²) in [6, 6.07) is 0. The highest BCUT2D eigenvalue weighted by Gasteiger charge is 2.59. The van der Waals surface area contributed by atoms with E-state index in [4.69, 9.17) is 37.9 Å². The molecule has 8 nitrogen and oxygen atoms in total. The molecule has 0 aromatic heterocycles. The Hall–Kier alpha value is -0.320. The van der Waals surface area contributed by atoms with Crippen LogP contribution in [0.3, 0.4) is 0 Å². The maximum atomic E-state index is 6.11. The minimum absolute atomic E-state index is 0.257. The molecule has 0 spiro atoms. The summed E-state index contributed by atoms with van der Waals surface area (Å²) in [5.74, 6) is -1.35. The Balaban J connectivity index is 1.67. The van der Waals surface area contributed by atoms with Crippen LogP contribution < -0.4 is 0 Å². The summed E-state index contributed by atoms with van der Waals surface area (Å²) in [5, 5.41) is 0. The number of rotatable bonds is 7. The van der Waals surface area contributed by atoms with Crippen molar-refractivity contribution < 1.29 is 37.9 Å². The number of methoxy groups -OCH3 is 1. The van der Waals surface area contributed by atoms with Gasteiger partial charge in [0.25, 0.3) is 0 Å². The minimum Gasteiger partial charge on any atom is -0.382 e. The van der Waals surface area contributed by atoms with Gasteiger partial charge in [-0.1, -0.05) is 0 Å². The second-order valence-corrected chi connectivity index (χ2v) is 7.47. The van der Waals surface area contributed by atoms with Crippen LogP contribution in [0.4, 0.5) is 0 Å². The van der Waals surface area contributed by atoms with E-state index in [9.17, 15) is 0 Å². The summed E-state index contributed by atoms with van der Waals surface area (Å²) in [6.45, 7) is 10.7. The quantitative estimate of drug-likeness (QED) is 0.497. The number of hydrogen-bond acceptors (Lipinski definition) is 8. The molecule has 3 aliphatic heterocycles. The average molecular weight is 362 g/mol. The van der Waals surface area contributed by atoms with E-state index in [0.717, 1.165) is 0 Å². The van der Waals surface area contributed by atoms with Crippen molar-refractivity contribution in [2.45, 2.75) is 83.2 Å². The highest BCUT2D eigenvalue weighted by Crippen LogP contribution is 2.42. The van der Waals surface area contributed by atoms with Gasteiger partial charge in [0.2, 0.25) is 0 Å². The van der Waals surface area contributed by atoms with Gasteiger partial charge in [0.1, 0.15) is 24.4 Å². The molecule has 0 aromatic rings. The molecule has 8 heteroatoms. The minimum atomic E-state index is -0.714. The zero-order chi connectivity index (χ0) is 18.2. The average Bonchev–Trinajstić information content (AvgIpc) is 3.10. The van der Waals surface area contributed by atoms with Gasteiger partial charge in [-0.3, -0.25) is 0 Å². The predicted octanol–water partition coefficient (Wildman–Crippen LogP) is 1.41. The standard InChI is InChI=1S/C17H30O8/c1-10(19-8-7-18-6)21-13-12(11-9-20-16(2,3)23-11)22-15-14(13)24-17(4,5)25-15/h10-15H,7-9H2,1-6H3/t10?,11-,12+,13-,14+,15+/m0/s1. The molecule has 3 rings (SSSR count). The molecule has 0 saturated carbocycles. The van der Waals surface area contributed by atoms with Crippen molar-refractivity contribution in [3.8, 4) is 0 Å². The molecule has 0 N–H and O–H groups in total. The summed E-state index contributed by atoms with van der Waals surface area (Å²) < 4.78 is 46.3. The van der Waals surface area contributed by atoms with Crippen molar-refractivity contribution in [1.82, 2.24) is 0 Å². The summed E-state index contributed by atoms with van der Waals surface area (Å²) in [4.78, 5) is 0. The van der Waals surface area contributed by atoms with E-state index in [2.05, 4.69) is 0 Å². The molecule has 1 unspecified atom stereocenters. The van der Waals surface area contributed by atoms with Crippen molar-refractivity contribution in [1.29, 1.82) is 0 Å². The van der Waals surface area contributed by atoms with Crippen LogP contribution in [0.15, 0.2) is 0 Å². The molecule has 3 saturated heterocycles. The van der Waals surface area contributed by atoms with Crippen molar-refractivity contribution >= 4 is 0 Å². The smallest absolute Gasteiger partial charge is 0.190 e. The van der Waals surface area contributed by atoms with E-state index < -0.39 is 24.2 Å². The molecule has 3 fully saturated rings. The van der Waals surface area contributed by atoms with Gasteiger partial charge in [-0.15, -0.1) is 0 Å². The third-order valence-corrected chi connectivity index (χ3v) is 4.41. The Morgan fingerprint density at radius 3 is 2.40 bits per heavy atom. The second-order valence-electron chi connectivity index (χ2n) is 7.47. The molecule has 25 heavy (non-hydrogen) atoms. The van der Waals surface area contributed by atoms with Crippen LogP contribution in [-0.2, 0) is 37.9 Å². The Labute approximate surface area is 148 Å². The summed E-state index contributed by atoms with van der Waals surface area (Å²) in [5.41, 5.74) is 0. The highest BCUT2D eigenvalue weighted by atomic mass is 16.9.